The largest absolute Gasteiger partial charge is 0.395 e. The number of hydrogen-bond donors (Lipinski definition) is 1. The van der Waals surface area contributed by atoms with Crippen molar-refractivity contribution in [3.8, 4) is 0 Å². The van der Waals surface area contributed by atoms with E-state index >= 15 is 0 Å². The van der Waals surface area contributed by atoms with Gasteiger partial charge in [0.05, 0.1) is 11.9 Å². The second-order valence-corrected chi connectivity index (χ2v) is 1.54. The lowest BCUT2D eigenvalue weighted by Gasteiger charge is -1.97. The van der Waals surface area contributed by atoms with Gasteiger partial charge in [-0.2, -0.15) is 0 Å². The summed E-state index contributed by atoms with van der Waals surface area (Å²) < 4.78 is 0. The van der Waals surface area contributed by atoms with Crippen molar-refractivity contribution in [3.05, 3.63) is 11.9 Å². The average Bonchev–Trinajstić information content (AvgIpc) is 1.77. The molecule has 1 heterocycles. The van der Waals surface area contributed by atoms with Gasteiger partial charge in [0.25, 0.3) is 0 Å². The quantitative estimate of drug-likeness (QED) is 0.470. The molecule has 3 heteroatoms. The number of aliphatic imine (C=N–C) groups is 1. The van der Waals surface area contributed by atoms with E-state index in [1.165, 1.54) is 6.20 Å². The molecule has 0 atom stereocenters. The molecule has 8 heavy (non-hydrogen) atoms. The molecule has 0 unspecified atom stereocenters. The SMILES string of the molecule is NC1=CN=CCC1=O. The van der Waals surface area contributed by atoms with E-state index < -0.39 is 0 Å². The van der Waals surface area contributed by atoms with Crippen LogP contribution in [-0.4, -0.2) is 12.0 Å². The van der Waals surface area contributed by atoms with E-state index in [1.54, 1.807) is 6.21 Å². The summed E-state index contributed by atoms with van der Waals surface area (Å²) >= 11 is 0. The van der Waals surface area contributed by atoms with E-state index in [2.05, 4.69) is 4.99 Å². The molecule has 0 bridgehead atoms. The van der Waals surface area contributed by atoms with Crippen molar-refractivity contribution in [2.24, 2.45) is 10.7 Å². The lowest BCUT2D eigenvalue weighted by Crippen LogP contribution is -2.13. The molecular formula is C5H6N2O. The summed E-state index contributed by atoms with van der Waals surface area (Å²) in [6.45, 7) is 0. The molecule has 0 aliphatic carbocycles. The highest BCUT2D eigenvalue weighted by Crippen LogP contribution is 1.96. The van der Waals surface area contributed by atoms with Crippen LogP contribution in [0.4, 0.5) is 0 Å². The monoisotopic (exact) mass is 110 g/mol. The van der Waals surface area contributed by atoms with Gasteiger partial charge in [0.1, 0.15) is 0 Å². The standard InChI is InChI=1S/C5H6N2O/c6-4-3-7-2-1-5(4)8/h2-3H,1,6H2. The van der Waals surface area contributed by atoms with Crippen molar-refractivity contribution in [3.63, 3.8) is 0 Å². The summed E-state index contributed by atoms with van der Waals surface area (Å²) in [7, 11) is 0. The van der Waals surface area contributed by atoms with Crippen LogP contribution in [0, 0.1) is 0 Å². The molecule has 1 aliphatic rings. The van der Waals surface area contributed by atoms with E-state index in [9.17, 15) is 4.79 Å². The average molecular weight is 110 g/mol. The van der Waals surface area contributed by atoms with E-state index in [-0.39, 0.29) is 11.5 Å². The highest BCUT2D eigenvalue weighted by atomic mass is 16.1. The van der Waals surface area contributed by atoms with Crippen molar-refractivity contribution in [1.82, 2.24) is 0 Å². The van der Waals surface area contributed by atoms with Gasteiger partial charge in [-0.15, -0.1) is 0 Å². The van der Waals surface area contributed by atoms with Crippen LogP contribution in [0.15, 0.2) is 16.9 Å². The number of hydrogen-bond acceptors (Lipinski definition) is 3. The molecular weight excluding hydrogens is 104 g/mol. The zero-order valence-electron chi connectivity index (χ0n) is 4.29. The minimum atomic E-state index is -0.0417. The second-order valence-electron chi connectivity index (χ2n) is 1.54. The smallest absolute Gasteiger partial charge is 0.185 e. The van der Waals surface area contributed by atoms with Gasteiger partial charge in [-0.1, -0.05) is 0 Å². The molecule has 1 rings (SSSR count). The predicted molar refractivity (Wildman–Crippen MR) is 30.4 cm³/mol. The maximum atomic E-state index is 10.5. The minimum absolute atomic E-state index is 0.0417. The van der Waals surface area contributed by atoms with Gasteiger partial charge in [0.15, 0.2) is 5.78 Å². The number of nitrogens with zero attached hydrogens (tertiary/aromatic N) is 1. The number of carbonyl (C=O) groups is 1. The van der Waals surface area contributed by atoms with E-state index in [4.69, 9.17) is 5.73 Å². The Kier molecular flexibility index (Phi) is 1.12. The van der Waals surface area contributed by atoms with Crippen LogP contribution in [0.1, 0.15) is 6.42 Å². The van der Waals surface area contributed by atoms with Crippen LogP contribution >= 0.6 is 0 Å². The number of rotatable bonds is 0. The molecule has 0 spiro atoms. The van der Waals surface area contributed by atoms with Crippen molar-refractivity contribution in [2.45, 2.75) is 6.42 Å². The Morgan fingerprint density at radius 3 is 2.88 bits per heavy atom. The molecule has 0 fully saturated rings. The van der Waals surface area contributed by atoms with E-state index in [0.29, 0.717) is 6.42 Å². The molecule has 0 radical (unpaired) electrons. The molecule has 0 saturated heterocycles. The maximum Gasteiger partial charge on any atom is 0.185 e. The van der Waals surface area contributed by atoms with Crippen molar-refractivity contribution >= 4 is 12.0 Å². The van der Waals surface area contributed by atoms with Crippen LogP contribution in [0.3, 0.4) is 0 Å². The number of Topliss-reactive ketones (excluding diaryl/α,β-unsaturated/α-hetero) is 1. The zero-order chi connectivity index (χ0) is 5.98. The van der Waals surface area contributed by atoms with Crippen LogP contribution in [-0.2, 0) is 4.79 Å². The zero-order valence-corrected chi connectivity index (χ0v) is 4.29. The summed E-state index contributed by atoms with van der Waals surface area (Å²) in [6.07, 6.45) is 3.26. The fourth-order valence-corrected chi connectivity index (χ4v) is 0.458. The normalized spacial score (nSPS) is 18.5. The van der Waals surface area contributed by atoms with Crippen LogP contribution < -0.4 is 5.73 Å². The van der Waals surface area contributed by atoms with Gasteiger partial charge in [0.2, 0.25) is 0 Å². The summed E-state index contributed by atoms with van der Waals surface area (Å²) in [5.41, 5.74) is 5.43. The molecule has 1 aliphatic heterocycles. The van der Waals surface area contributed by atoms with Crippen molar-refractivity contribution in [2.75, 3.05) is 0 Å². The number of nitrogens with two attached hydrogens (primary N) is 1. The van der Waals surface area contributed by atoms with Gasteiger partial charge >= 0.3 is 0 Å². The first-order valence-corrected chi connectivity index (χ1v) is 2.31. The molecule has 0 aromatic carbocycles. The van der Waals surface area contributed by atoms with Crippen molar-refractivity contribution < 1.29 is 4.79 Å². The summed E-state index contributed by atoms with van der Waals surface area (Å²) in [5.74, 6) is -0.0417. The Morgan fingerprint density at radius 2 is 2.50 bits per heavy atom. The maximum absolute atomic E-state index is 10.5. The fraction of sp³-hybridized carbons (Fsp3) is 0.200. The number of carbonyl (C=O) groups excluding carboxylic acids is 1. The van der Waals surface area contributed by atoms with Gasteiger partial charge < -0.3 is 5.73 Å². The Hall–Kier alpha value is -1.12. The fourth-order valence-electron chi connectivity index (χ4n) is 0.458. The predicted octanol–water partition coefficient (Wildman–Crippen LogP) is -0.170. The second kappa shape index (κ2) is 1.78. The minimum Gasteiger partial charge on any atom is -0.395 e. The summed E-state index contributed by atoms with van der Waals surface area (Å²) in [4.78, 5) is 14.2. The highest BCUT2D eigenvalue weighted by molar-refractivity contribution is 6.04. The van der Waals surface area contributed by atoms with E-state index in [1.807, 2.05) is 0 Å². The Labute approximate surface area is 46.9 Å². The molecule has 0 aromatic heterocycles. The Bertz CT molecular complexity index is 169. The number of ketones is 1. The number of allylic oxidation sites excluding steroid dienone is 1. The highest BCUT2D eigenvalue weighted by Gasteiger charge is 2.04. The van der Waals surface area contributed by atoms with Crippen LogP contribution in [0.25, 0.3) is 0 Å². The first kappa shape index (κ1) is 5.03. The van der Waals surface area contributed by atoms with E-state index in [0.717, 1.165) is 0 Å². The molecule has 0 amide bonds. The molecule has 3 nitrogen and oxygen atoms in total. The van der Waals surface area contributed by atoms with Gasteiger partial charge in [-0.05, 0) is 0 Å². The third kappa shape index (κ3) is 0.753. The lowest BCUT2D eigenvalue weighted by molar-refractivity contribution is -0.114. The van der Waals surface area contributed by atoms with Gasteiger partial charge in [-0.25, -0.2) is 0 Å². The summed E-state index contributed by atoms with van der Waals surface area (Å²) in [5, 5.41) is 0. The Morgan fingerprint density at radius 1 is 1.75 bits per heavy atom. The molecule has 2 N–H and O–H groups in total. The molecule has 0 saturated carbocycles. The molecule has 42 valence electrons. The topological polar surface area (TPSA) is 55.4 Å². The summed E-state index contributed by atoms with van der Waals surface area (Å²) in [6, 6.07) is 0. The van der Waals surface area contributed by atoms with Crippen molar-refractivity contribution in [1.29, 1.82) is 0 Å². The first-order valence-electron chi connectivity index (χ1n) is 2.31. The third-order valence-electron chi connectivity index (χ3n) is 0.918. The Balaban J connectivity index is 2.80. The van der Waals surface area contributed by atoms with Gasteiger partial charge in [0, 0.05) is 12.6 Å². The lowest BCUT2D eigenvalue weighted by atomic mass is 10.2. The van der Waals surface area contributed by atoms with Crippen LogP contribution in [0.2, 0.25) is 0 Å². The molecule has 0 aromatic rings. The van der Waals surface area contributed by atoms with Gasteiger partial charge in [-0.3, -0.25) is 9.79 Å². The first-order chi connectivity index (χ1) is 3.80. The third-order valence-corrected chi connectivity index (χ3v) is 0.918. The van der Waals surface area contributed by atoms with Crippen LogP contribution in [0.5, 0.6) is 0 Å².